The number of hydrogen-bond donors (Lipinski definition) is 0. The average Bonchev–Trinajstić information content (AvgIpc) is 3.38. The third-order valence-electron chi connectivity index (χ3n) is 6.38. The number of nitrogens with zero attached hydrogens (tertiary/aromatic N) is 2. The maximum Gasteiger partial charge on any atom is 0.416 e. The Morgan fingerprint density at radius 3 is 2.41 bits per heavy atom. The molecule has 1 aromatic heterocycles. The second-order valence-electron chi connectivity index (χ2n) is 8.88. The maximum absolute atomic E-state index is 13.3. The van der Waals surface area contributed by atoms with Crippen LogP contribution in [0.25, 0.3) is 21.8 Å². The molecule has 0 aliphatic carbocycles. The van der Waals surface area contributed by atoms with Crippen molar-refractivity contribution in [2.45, 2.75) is 39.8 Å². The van der Waals surface area contributed by atoms with Gasteiger partial charge in [0, 0.05) is 33.8 Å². The largest absolute Gasteiger partial charge is 0.465 e. The van der Waals surface area contributed by atoms with Crippen molar-refractivity contribution in [3.63, 3.8) is 0 Å². The fourth-order valence-corrected chi connectivity index (χ4v) is 5.61. The van der Waals surface area contributed by atoms with E-state index < -0.39 is 35.5 Å². The number of alkyl halides is 3. The van der Waals surface area contributed by atoms with Gasteiger partial charge in [-0.1, -0.05) is 36.4 Å². The Kier molecular flexibility index (Phi) is 8.34. The number of esters is 2. The van der Waals surface area contributed by atoms with Crippen molar-refractivity contribution in [2.75, 3.05) is 13.2 Å². The predicted molar refractivity (Wildman–Crippen MR) is 143 cm³/mol. The maximum atomic E-state index is 13.3. The number of hydrogen-bond acceptors (Lipinski definition) is 7. The van der Waals surface area contributed by atoms with Crippen LogP contribution in [0.2, 0.25) is 0 Å². The summed E-state index contributed by atoms with van der Waals surface area (Å²) in [6.07, 6.45) is -4.47. The number of thiazole rings is 1. The fraction of sp³-hybridized carbons (Fsp3) is 0.310. The average molecular weight is 557 g/mol. The number of allylic oxidation sites excluding steroid dienone is 1. The zero-order valence-electron chi connectivity index (χ0n) is 21.8. The van der Waals surface area contributed by atoms with Crippen LogP contribution in [-0.2, 0) is 25.2 Å². The van der Waals surface area contributed by atoms with Gasteiger partial charge in [-0.2, -0.15) is 13.2 Å². The van der Waals surface area contributed by atoms with Crippen LogP contribution in [0.3, 0.4) is 0 Å². The van der Waals surface area contributed by atoms with E-state index in [9.17, 15) is 22.8 Å². The monoisotopic (exact) mass is 556 g/mol. The second-order valence-corrected chi connectivity index (χ2v) is 9.74. The standard InChI is InChI=1S/C29H27F3N2O4S/c1-5-37-27(35)23-16(3)33-17(4)24(28(36)38-6-2)25(23)20-12-7-8-13-21(20)26-34-22(15-39-26)18-10-9-11-19(14-18)29(30,31)32/h7-15,23,25H,5-6H2,1-4H3. The highest BCUT2D eigenvalue weighted by molar-refractivity contribution is 7.13. The molecule has 0 amide bonds. The van der Waals surface area contributed by atoms with Gasteiger partial charge >= 0.3 is 18.1 Å². The minimum Gasteiger partial charge on any atom is -0.465 e. The number of halogens is 3. The highest BCUT2D eigenvalue weighted by Gasteiger charge is 2.43. The molecule has 1 aliphatic heterocycles. The normalized spacial score (nSPS) is 17.6. The molecule has 2 heterocycles. The summed E-state index contributed by atoms with van der Waals surface area (Å²) in [6, 6.07) is 12.2. The molecule has 1 aliphatic rings. The van der Waals surface area contributed by atoms with E-state index in [2.05, 4.69) is 9.98 Å². The van der Waals surface area contributed by atoms with Crippen molar-refractivity contribution in [3.05, 3.63) is 76.3 Å². The molecule has 0 saturated carbocycles. The SMILES string of the molecule is CCOC(=O)C1=C(C)N=C(C)C(C(=O)OCC)C1c1ccccc1-c1nc(-c2cccc(C(F)(F)F)c2)cs1. The molecule has 0 bridgehead atoms. The Bertz CT molecular complexity index is 1460. The molecule has 2 atom stereocenters. The predicted octanol–water partition coefficient (Wildman–Crippen LogP) is 7.07. The van der Waals surface area contributed by atoms with E-state index in [1.807, 2.05) is 12.1 Å². The molecule has 0 saturated heterocycles. The van der Waals surface area contributed by atoms with Crippen molar-refractivity contribution >= 4 is 29.0 Å². The van der Waals surface area contributed by atoms with Gasteiger partial charge in [-0.25, -0.2) is 9.78 Å². The minimum atomic E-state index is -4.47. The molecule has 0 N–H and O–H groups in total. The van der Waals surface area contributed by atoms with E-state index in [0.717, 1.165) is 12.1 Å². The summed E-state index contributed by atoms with van der Waals surface area (Å²) in [6.45, 7) is 7.11. The molecule has 204 valence electrons. The van der Waals surface area contributed by atoms with E-state index >= 15 is 0 Å². The molecule has 6 nitrogen and oxygen atoms in total. The van der Waals surface area contributed by atoms with E-state index in [1.165, 1.54) is 17.4 Å². The van der Waals surface area contributed by atoms with Crippen LogP contribution in [0.4, 0.5) is 13.2 Å². The van der Waals surface area contributed by atoms with Gasteiger partial charge in [-0.3, -0.25) is 9.79 Å². The van der Waals surface area contributed by atoms with E-state index in [1.54, 1.807) is 51.3 Å². The Morgan fingerprint density at radius 1 is 1.00 bits per heavy atom. The van der Waals surface area contributed by atoms with Crippen LogP contribution >= 0.6 is 11.3 Å². The molecule has 39 heavy (non-hydrogen) atoms. The molecular weight excluding hydrogens is 529 g/mol. The van der Waals surface area contributed by atoms with Crippen LogP contribution in [0.5, 0.6) is 0 Å². The summed E-state index contributed by atoms with van der Waals surface area (Å²) in [7, 11) is 0. The molecule has 10 heteroatoms. The van der Waals surface area contributed by atoms with Crippen LogP contribution in [0.1, 0.15) is 44.7 Å². The van der Waals surface area contributed by atoms with Crippen molar-refractivity contribution in [1.82, 2.24) is 4.98 Å². The van der Waals surface area contributed by atoms with Crippen molar-refractivity contribution < 1.29 is 32.2 Å². The zero-order chi connectivity index (χ0) is 28.3. The molecule has 0 spiro atoms. The number of carbonyl (C=O) groups excluding carboxylic acids is 2. The van der Waals surface area contributed by atoms with Gasteiger partial charge < -0.3 is 9.47 Å². The van der Waals surface area contributed by atoms with Crippen LogP contribution in [0, 0.1) is 5.92 Å². The number of ether oxygens (including phenoxy) is 2. The Morgan fingerprint density at radius 2 is 1.72 bits per heavy atom. The van der Waals surface area contributed by atoms with Crippen LogP contribution in [0.15, 0.2) is 70.2 Å². The summed E-state index contributed by atoms with van der Waals surface area (Å²) in [5.74, 6) is -2.74. The lowest BCUT2D eigenvalue weighted by Gasteiger charge is -2.32. The molecule has 2 aromatic carbocycles. The summed E-state index contributed by atoms with van der Waals surface area (Å²) >= 11 is 1.26. The summed E-state index contributed by atoms with van der Waals surface area (Å²) in [4.78, 5) is 35.5. The van der Waals surface area contributed by atoms with Crippen LogP contribution < -0.4 is 0 Å². The number of aromatic nitrogens is 1. The zero-order valence-corrected chi connectivity index (χ0v) is 22.7. The molecule has 2 unspecified atom stereocenters. The third-order valence-corrected chi connectivity index (χ3v) is 7.26. The lowest BCUT2D eigenvalue weighted by atomic mass is 9.74. The quantitative estimate of drug-likeness (QED) is 0.291. The molecule has 0 fully saturated rings. The first kappa shape index (κ1) is 28.2. The van der Waals surface area contributed by atoms with Gasteiger partial charge in [0.15, 0.2) is 0 Å². The van der Waals surface area contributed by atoms with Gasteiger partial charge in [-0.05, 0) is 45.4 Å². The molecular formula is C29H27F3N2O4S. The van der Waals surface area contributed by atoms with E-state index in [0.29, 0.717) is 38.8 Å². The number of aliphatic imine (C=N–C) groups is 1. The van der Waals surface area contributed by atoms with Gasteiger partial charge in [0.25, 0.3) is 0 Å². The summed E-state index contributed by atoms with van der Waals surface area (Å²) < 4.78 is 50.6. The minimum absolute atomic E-state index is 0.142. The van der Waals surface area contributed by atoms with E-state index in [-0.39, 0.29) is 18.8 Å². The number of benzene rings is 2. The number of carbonyl (C=O) groups is 2. The molecule has 0 radical (unpaired) electrons. The highest BCUT2D eigenvalue weighted by Crippen LogP contribution is 2.44. The highest BCUT2D eigenvalue weighted by atomic mass is 32.1. The lowest BCUT2D eigenvalue weighted by molar-refractivity contribution is -0.146. The second kappa shape index (κ2) is 11.5. The van der Waals surface area contributed by atoms with Gasteiger partial charge in [-0.15, -0.1) is 11.3 Å². The van der Waals surface area contributed by atoms with Gasteiger partial charge in [0.05, 0.1) is 30.0 Å². The Balaban J connectivity index is 1.85. The first-order chi connectivity index (χ1) is 18.6. The fourth-order valence-electron chi connectivity index (χ4n) is 4.73. The van der Waals surface area contributed by atoms with E-state index in [4.69, 9.17) is 9.47 Å². The summed E-state index contributed by atoms with van der Waals surface area (Å²) in [5, 5.41) is 2.22. The van der Waals surface area contributed by atoms with Crippen LogP contribution in [-0.4, -0.2) is 35.8 Å². The summed E-state index contributed by atoms with van der Waals surface area (Å²) in [5.41, 5.74) is 2.43. The first-order valence-corrected chi connectivity index (χ1v) is 13.3. The van der Waals surface area contributed by atoms with Gasteiger partial charge in [0.2, 0.25) is 0 Å². The Labute approximate surface area is 228 Å². The molecule has 4 rings (SSSR count). The lowest BCUT2D eigenvalue weighted by Crippen LogP contribution is -2.36. The Hall–Kier alpha value is -3.79. The first-order valence-electron chi connectivity index (χ1n) is 12.4. The van der Waals surface area contributed by atoms with Crippen molar-refractivity contribution in [1.29, 1.82) is 0 Å². The smallest absolute Gasteiger partial charge is 0.416 e. The van der Waals surface area contributed by atoms with Gasteiger partial charge in [0.1, 0.15) is 10.9 Å². The third kappa shape index (κ3) is 5.80. The van der Waals surface area contributed by atoms with Crippen molar-refractivity contribution in [2.24, 2.45) is 10.9 Å². The number of rotatable bonds is 7. The van der Waals surface area contributed by atoms with Crippen molar-refractivity contribution in [3.8, 4) is 21.8 Å². The topological polar surface area (TPSA) is 77.8 Å². The molecule has 3 aromatic rings.